The predicted octanol–water partition coefficient (Wildman–Crippen LogP) is 29.9. The van der Waals surface area contributed by atoms with Gasteiger partial charge in [0.05, 0.1) is 5.69 Å². The van der Waals surface area contributed by atoms with Crippen LogP contribution >= 0.6 is 11.3 Å². The van der Waals surface area contributed by atoms with E-state index in [4.69, 9.17) is 32.1 Å². The number of benzene rings is 18. The number of rotatable bonds is 10. The molecule has 0 aliphatic carbocycles. The van der Waals surface area contributed by atoms with E-state index in [9.17, 15) is 0 Å². The lowest BCUT2D eigenvalue weighted by Crippen LogP contribution is -2.10. The summed E-state index contributed by atoms with van der Waals surface area (Å²) in [5.74, 6) is 1.21. The lowest BCUT2D eigenvalue weighted by atomic mass is 10.00. The number of oxazole rings is 2. The number of thiophene rings is 1. The van der Waals surface area contributed by atoms with Crippen molar-refractivity contribution in [3.8, 4) is 45.2 Å². The second kappa shape index (κ2) is 25.4. The minimum absolute atomic E-state index is 0.596. The van der Waals surface area contributed by atoms with E-state index in [1.165, 1.54) is 25.7 Å². The average molecular weight is 1450 g/mol. The van der Waals surface area contributed by atoms with Crippen LogP contribution in [0.15, 0.2) is 386 Å². The van der Waals surface area contributed by atoms with Gasteiger partial charge in [0.15, 0.2) is 16.7 Å². The topological polar surface area (TPSA) is 98.0 Å². The number of anilines is 6. The number of aromatic nitrogens is 2. The fraction of sp³-hybridized carbons (Fsp3) is 0. The van der Waals surface area contributed by atoms with Crippen molar-refractivity contribution in [2.45, 2.75) is 0 Å². The highest BCUT2D eigenvalue weighted by Crippen LogP contribution is 2.49. The lowest BCUT2D eigenvalue weighted by Gasteiger charge is -2.26. The van der Waals surface area contributed by atoms with Crippen LogP contribution in [0.3, 0.4) is 0 Å². The van der Waals surface area contributed by atoms with E-state index in [-0.39, 0.29) is 0 Å². The van der Waals surface area contributed by atoms with E-state index >= 15 is 0 Å². The average Bonchev–Trinajstić information content (AvgIpc) is 1.43. The van der Waals surface area contributed by atoms with Gasteiger partial charge in [-0.2, -0.15) is 0 Å². The van der Waals surface area contributed by atoms with Crippen LogP contribution in [0.1, 0.15) is 0 Å². The zero-order valence-electron chi connectivity index (χ0n) is 59.9. The van der Waals surface area contributed by atoms with Gasteiger partial charge in [0.1, 0.15) is 38.9 Å². The first-order valence-electron chi connectivity index (χ1n) is 37.5. The molecule has 0 saturated heterocycles. The predicted molar refractivity (Wildman–Crippen MR) is 464 cm³/mol. The van der Waals surface area contributed by atoms with Gasteiger partial charge in [-0.3, -0.25) is 0 Å². The Bertz CT molecular complexity index is 7920. The van der Waals surface area contributed by atoms with Gasteiger partial charge in [0.25, 0.3) is 0 Å². The number of hydrogen-bond acceptors (Lipinski definition) is 10. The van der Waals surface area contributed by atoms with E-state index in [1.54, 1.807) is 0 Å². The molecule has 0 fully saturated rings. The molecular weight excluding hydrogens is 1390 g/mol. The van der Waals surface area contributed by atoms with Gasteiger partial charge in [-0.05, 0) is 188 Å². The minimum atomic E-state index is 0.596. The van der Waals surface area contributed by atoms with Crippen LogP contribution in [-0.2, 0) is 0 Å². The van der Waals surface area contributed by atoms with Crippen molar-refractivity contribution in [1.82, 2.24) is 9.97 Å². The van der Waals surface area contributed by atoms with Crippen molar-refractivity contribution in [3.63, 3.8) is 0 Å². The van der Waals surface area contributed by atoms with Crippen molar-refractivity contribution >= 4 is 197 Å². The first-order chi connectivity index (χ1) is 55.5. The second-order valence-corrected chi connectivity index (χ2v) is 29.7. The maximum atomic E-state index is 6.83. The van der Waals surface area contributed by atoms with E-state index in [0.29, 0.717) is 11.8 Å². The van der Waals surface area contributed by atoms with Gasteiger partial charge < -0.3 is 31.9 Å². The Hall–Kier alpha value is -14.8. The molecule has 18 aromatic carbocycles. The normalized spacial score (nSPS) is 11.9. The zero-order chi connectivity index (χ0) is 73.5. The smallest absolute Gasteiger partial charge is 0.227 e. The van der Waals surface area contributed by atoms with Gasteiger partial charge >= 0.3 is 0 Å². The van der Waals surface area contributed by atoms with Crippen molar-refractivity contribution < 1.29 is 22.1 Å². The Balaban J connectivity index is 0.000000134. The summed E-state index contributed by atoms with van der Waals surface area (Å²) in [5.41, 5.74) is 20.9. The fourth-order valence-electron chi connectivity index (χ4n) is 16.9. The summed E-state index contributed by atoms with van der Waals surface area (Å²) in [7, 11) is 0. The molecule has 24 rings (SSSR count). The molecule has 6 aromatic heterocycles. The molecule has 112 heavy (non-hydrogen) atoms. The van der Waals surface area contributed by atoms with Gasteiger partial charge in [0, 0.05) is 103 Å². The van der Waals surface area contributed by atoms with E-state index < -0.39 is 0 Å². The molecule has 0 aliphatic heterocycles. The third-order valence-corrected chi connectivity index (χ3v) is 23.3. The number of hydrogen-bond donors (Lipinski definition) is 0. The summed E-state index contributed by atoms with van der Waals surface area (Å²) in [6.07, 6.45) is 0. The molecule has 9 nitrogen and oxygen atoms in total. The summed E-state index contributed by atoms with van der Waals surface area (Å²) in [6.45, 7) is 0. The van der Waals surface area contributed by atoms with Crippen molar-refractivity contribution in [3.05, 3.63) is 364 Å². The molecule has 0 spiro atoms. The number of furan rings is 3. The molecular formula is C102H60N4O5S. The molecule has 0 amide bonds. The SMILES string of the molecule is c1ccc(-c2ccc(-c3nc4ccc5ccc6ccc(N(c7ccc8oc9ccccc9c8c7)c7cccc8c7oc7ccccc78)cc6c5c4o3)cc2)cc1.c1ccc(-c2ccccc2-c2nc3ccc4ccc5ccc(N(c6ccc7c(c6)sc6ccccc67)c6ccc7oc8ccccc8c7c6)cc5c4c3o2)cc1. The highest BCUT2D eigenvalue weighted by molar-refractivity contribution is 7.25. The van der Waals surface area contributed by atoms with Crippen LogP contribution in [0, 0.1) is 0 Å². The number of nitrogens with zero attached hydrogens (tertiary/aromatic N) is 4. The maximum Gasteiger partial charge on any atom is 0.227 e. The van der Waals surface area contributed by atoms with E-state index in [0.717, 1.165) is 193 Å². The Labute approximate surface area is 643 Å². The summed E-state index contributed by atoms with van der Waals surface area (Å²) in [6, 6.07) is 128. The third-order valence-electron chi connectivity index (χ3n) is 22.2. The molecule has 6 heterocycles. The van der Waals surface area contributed by atoms with Crippen molar-refractivity contribution in [2.24, 2.45) is 0 Å². The molecule has 0 saturated carbocycles. The molecule has 524 valence electrons. The Morgan fingerprint density at radius 3 is 1.28 bits per heavy atom. The van der Waals surface area contributed by atoms with Gasteiger partial charge in [-0.15, -0.1) is 11.3 Å². The first-order valence-corrected chi connectivity index (χ1v) is 38.4. The first kappa shape index (κ1) is 63.3. The summed E-state index contributed by atoms with van der Waals surface area (Å²) >= 11 is 1.83. The molecule has 0 N–H and O–H groups in total. The largest absolute Gasteiger partial charge is 0.456 e. The third kappa shape index (κ3) is 10.4. The van der Waals surface area contributed by atoms with E-state index in [1.807, 2.05) is 65.9 Å². The second-order valence-electron chi connectivity index (χ2n) is 28.6. The summed E-state index contributed by atoms with van der Waals surface area (Å²) in [5, 5.41) is 17.7. The Morgan fingerprint density at radius 2 is 0.643 bits per heavy atom. The lowest BCUT2D eigenvalue weighted by molar-refractivity contribution is 0.623. The highest BCUT2D eigenvalue weighted by atomic mass is 32.1. The standard InChI is InChI=1S/C51H30N2O3.C51H30N2O2S/c1-2-9-31(10-3-1)32-17-21-35(22-18-32)51-52-43-27-24-34-20-19-33-23-25-36(29-41(33)48(34)50(43)56-51)53(37-26-28-47-42(30-37)39-12-5-6-15-45(39)54-47)44-14-8-13-40-38-11-4-7-16-46(38)55-49(40)44;1-2-10-31(11-3-1)37-12-4-5-15-41(37)51-52-44-26-21-33-19-18-32-20-22-34(28-42(32)49(33)50(44)55-51)53(35-24-27-46-43(29-35)38-13-6-8-16-45(38)54-46)36-23-25-40-39-14-7-9-17-47(39)56-48(40)30-36/h2*1-30H. The molecule has 0 bridgehead atoms. The van der Waals surface area contributed by atoms with Gasteiger partial charge in [-0.1, -0.05) is 231 Å². The Morgan fingerprint density at radius 1 is 0.223 bits per heavy atom. The maximum absolute atomic E-state index is 6.83. The van der Waals surface area contributed by atoms with Crippen molar-refractivity contribution in [2.75, 3.05) is 9.80 Å². The number of fused-ring (bicyclic) bond motifs is 22. The molecule has 24 aromatic rings. The molecule has 0 aliphatic rings. The fourth-order valence-corrected chi connectivity index (χ4v) is 18.0. The van der Waals surface area contributed by atoms with Crippen molar-refractivity contribution in [1.29, 1.82) is 0 Å². The number of para-hydroxylation sites is 4. The van der Waals surface area contributed by atoms with Crippen LogP contribution in [0.5, 0.6) is 0 Å². The van der Waals surface area contributed by atoms with Crippen LogP contribution < -0.4 is 9.80 Å². The van der Waals surface area contributed by atoms with Crippen LogP contribution in [-0.4, -0.2) is 9.97 Å². The van der Waals surface area contributed by atoms with E-state index in [2.05, 4.69) is 319 Å². The quantitative estimate of drug-likeness (QED) is 0.124. The minimum Gasteiger partial charge on any atom is -0.456 e. The monoisotopic (exact) mass is 1450 g/mol. The summed E-state index contributed by atoms with van der Waals surface area (Å²) in [4.78, 5) is 14.8. The van der Waals surface area contributed by atoms with Crippen LogP contribution in [0.4, 0.5) is 34.1 Å². The molecule has 0 atom stereocenters. The van der Waals surface area contributed by atoms with Gasteiger partial charge in [-0.25, -0.2) is 9.97 Å². The molecule has 0 unspecified atom stereocenters. The molecule has 10 heteroatoms. The molecule has 0 radical (unpaired) electrons. The zero-order valence-corrected chi connectivity index (χ0v) is 60.7. The van der Waals surface area contributed by atoms with Gasteiger partial charge in [0.2, 0.25) is 11.8 Å². The van der Waals surface area contributed by atoms with Crippen LogP contribution in [0.2, 0.25) is 0 Å². The van der Waals surface area contributed by atoms with Crippen LogP contribution in [0.25, 0.3) is 196 Å². The Kier molecular flexibility index (Phi) is 14.3. The highest BCUT2D eigenvalue weighted by Gasteiger charge is 2.25. The summed E-state index contributed by atoms with van der Waals surface area (Å²) < 4.78 is 35.3.